The van der Waals surface area contributed by atoms with Crippen molar-refractivity contribution in [3.05, 3.63) is 29.9 Å². The SMILES string of the molecule is C=CC(=O)N(C)C1CN(c2ncnc3cc(C(C)(C)C)sc23)C1. The first kappa shape index (κ1) is 15.9. The first-order valence-electron chi connectivity index (χ1n) is 7.70. The van der Waals surface area contributed by atoms with Gasteiger partial charge in [-0.1, -0.05) is 27.4 Å². The van der Waals surface area contributed by atoms with E-state index in [-0.39, 0.29) is 17.4 Å². The summed E-state index contributed by atoms with van der Waals surface area (Å²) in [4.78, 5) is 25.8. The Morgan fingerprint density at radius 2 is 2.13 bits per heavy atom. The van der Waals surface area contributed by atoms with Gasteiger partial charge < -0.3 is 9.80 Å². The van der Waals surface area contributed by atoms with Crippen molar-refractivity contribution in [1.82, 2.24) is 14.9 Å². The van der Waals surface area contributed by atoms with Crippen LogP contribution in [0.2, 0.25) is 0 Å². The summed E-state index contributed by atoms with van der Waals surface area (Å²) >= 11 is 1.77. The van der Waals surface area contributed by atoms with E-state index in [0.717, 1.165) is 29.1 Å². The van der Waals surface area contributed by atoms with Crippen LogP contribution in [0.3, 0.4) is 0 Å². The molecule has 0 bridgehead atoms. The molecule has 0 aromatic carbocycles. The molecule has 0 saturated carbocycles. The number of nitrogens with zero attached hydrogens (tertiary/aromatic N) is 4. The zero-order valence-corrected chi connectivity index (χ0v) is 14.9. The summed E-state index contributed by atoms with van der Waals surface area (Å²) in [5, 5.41) is 0. The number of carbonyl (C=O) groups excluding carboxylic acids is 1. The number of rotatable bonds is 3. The molecular weight excluding hydrogens is 308 g/mol. The number of carbonyl (C=O) groups is 1. The van der Waals surface area contributed by atoms with Gasteiger partial charge in [0.05, 0.1) is 16.3 Å². The van der Waals surface area contributed by atoms with Gasteiger partial charge in [-0.25, -0.2) is 9.97 Å². The molecule has 2 aromatic rings. The Hall–Kier alpha value is -1.95. The Kier molecular flexibility index (Phi) is 3.88. The van der Waals surface area contributed by atoms with Crippen molar-refractivity contribution in [2.24, 2.45) is 0 Å². The van der Waals surface area contributed by atoms with Gasteiger partial charge in [-0.05, 0) is 17.6 Å². The summed E-state index contributed by atoms with van der Waals surface area (Å²) < 4.78 is 1.13. The van der Waals surface area contributed by atoms with Gasteiger partial charge in [0.2, 0.25) is 5.91 Å². The number of anilines is 1. The minimum absolute atomic E-state index is 0.0337. The van der Waals surface area contributed by atoms with Crippen LogP contribution < -0.4 is 4.90 Å². The molecule has 6 heteroatoms. The third kappa shape index (κ3) is 2.83. The van der Waals surface area contributed by atoms with Crippen LogP contribution in [0, 0.1) is 0 Å². The van der Waals surface area contributed by atoms with Crippen LogP contribution in [0.4, 0.5) is 5.82 Å². The number of likely N-dealkylation sites (N-methyl/N-ethyl adjacent to an activating group) is 1. The molecule has 0 unspecified atom stereocenters. The predicted octanol–water partition coefficient (Wildman–Crippen LogP) is 2.82. The summed E-state index contributed by atoms with van der Waals surface area (Å²) in [7, 11) is 1.82. The van der Waals surface area contributed by atoms with Gasteiger partial charge in [-0.2, -0.15) is 0 Å². The summed E-state index contributed by atoms with van der Waals surface area (Å²) in [6.45, 7) is 11.8. The van der Waals surface area contributed by atoms with E-state index in [4.69, 9.17) is 0 Å². The molecule has 0 N–H and O–H groups in total. The third-order valence-corrected chi connectivity index (χ3v) is 5.81. The molecule has 1 saturated heterocycles. The molecule has 1 aliphatic heterocycles. The molecule has 0 atom stereocenters. The van der Waals surface area contributed by atoms with Crippen LogP contribution >= 0.6 is 11.3 Å². The standard InChI is InChI=1S/C17H22N4OS/c1-6-14(22)20(5)11-8-21(9-11)16-15-12(18-10-19-16)7-13(23-15)17(2,3)4/h6-7,10-11H,1,8-9H2,2-5H3. The second kappa shape index (κ2) is 5.60. The number of fused-ring (bicyclic) bond motifs is 1. The summed E-state index contributed by atoms with van der Waals surface area (Å²) in [6, 6.07) is 2.38. The number of aromatic nitrogens is 2. The van der Waals surface area contributed by atoms with E-state index in [1.54, 1.807) is 22.6 Å². The number of hydrogen-bond acceptors (Lipinski definition) is 5. The molecule has 23 heavy (non-hydrogen) atoms. The lowest BCUT2D eigenvalue weighted by molar-refractivity contribution is -0.127. The van der Waals surface area contributed by atoms with Gasteiger partial charge in [-0.15, -0.1) is 11.3 Å². The van der Waals surface area contributed by atoms with Crippen LogP contribution in [0.25, 0.3) is 10.2 Å². The Bertz CT molecular complexity index is 756. The molecular formula is C17H22N4OS. The molecule has 5 nitrogen and oxygen atoms in total. The van der Waals surface area contributed by atoms with E-state index < -0.39 is 0 Å². The molecule has 0 radical (unpaired) electrons. The van der Waals surface area contributed by atoms with Crippen LogP contribution in [-0.4, -0.2) is 47.0 Å². The average Bonchev–Trinajstić information content (AvgIpc) is 2.89. The lowest BCUT2D eigenvalue weighted by Gasteiger charge is -2.44. The Balaban J connectivity index is 1.84. The predicted molar refractivity (Wildman–Crippen MR) is 95.1 cm³/mol. The van der Waals surface area contributed by atoms with Crippen molar-refractivity contribution in [1.29, 1.82) is 0 Å². The average molecular weight is 330 g/mol. The lowest BCUT2D eigenvalue weighted by Crippen LogP contribution is -2.59. The minimum Gasteiger partial charge on any atom is -0.351 e. The van der Waals surface area contributed by atoms with Crippen molar-refractivity contribution in [2.45, 2.75) is 32.2 Å². The number of amides is 1. The molecule has 122 valence electrons. The smallest absolute Gasteiger partial charge is 0.246 e. The Morgan fingerprint density at radius 1 is 1.43 bits per heavy atom. The molecule has 0 spiro atoms. The monoisotopic (exact) mass is 330 g/mol. The second-order valence-corrected chi connectivity index (χ2v) is 8.04. The highest BCUT2D eigenvalue weighted by Gasteiger charge is 2.34. The van der Waals surface area contributed by atoms with E-state index >= 15 is 0 Å². The third-order valence-electron chi connectivity index (χ3n) is 4.26. The number of hydrogen-bond donors (Lipinski definition) is 0. The fourth-order valence-electron chi connectivity index (χ4n) is 2.63. The summed E-state index contributed by atoms with van der Waals surface area (Å²) in [5.41, 5.74) is 1.11. The van der Waals surface area contributed by atoms with Crippen LogP contribution in [-0.2, 0) is 10.2 Å². The van der Waals surface area contributed by atoms with Crippen molar-refractivity contribution >= 4 is 33.3 Å². The topological polar surface area (TPSA) is 49.3 Å². The Labute approximate surface area is 140 Å². The molecule has 1 aliphatic rings. The van der Waals surface area contributed by atoms with E-state index in [1.807, 2.05) is 7.05 Å². The van der Waals surface area contributed by atoms with Crippen molar-refractivity contribution < 1.29 is 4.79 Å². The molecule has 3 rings (SSSR count). The Morgan fingerprint density at radius 3 is 2.74 bits per heavy atom. The quantitative estimate of drug-likeness (QED) is 0.812. The zero-order valence-electron chi connectivity index (χ0n) is 14.0. The van der Waals surface area contributed by atoms with Crippen molar-refractivity contribution in [3.8, 4) is 0 Å². The maximum Gasteiger partial charge on any atom is 0.246 e. The van der Waals surface area contributed by atoms with E-state index in [0.29, 0.717) is 0 Å². The lowest BCUT2D eigenvalue weighted by atomic mass is 9.95. The fraction of sp³-hybridized carbons (Fsp3) is 0.471. The van der Waals surface area contributed by atoms with E-state index in [9.17, 15) is 4.79 Å². The molecule has 2 aromatic heterocycles. The van der Waals surface area contributed by atoms with E-state index in [2.05, 4.69) is 48.3 Å². The van der Waals surface area contributed by atoms with Crippen LogP contribution in [0.15, 0.2) is 25.0 Å². The normalized spacial score (nSPS) is 15.6. The first-order valence-corrected chi connectivity index (χ1v) is 8.52. The zero-order chi connectivity index (χ0) is 16.8. The highest BCUT2D eigenvalue weighted by molar-refractivity contribution is 7.19. The summed E-state index contributed by atoms with van der Waals surface area (Å²) in [5.74, 6) is 0.944. The van der Waals surface area contributed by atoms with E-state index in [1.165, 1.54) is 11.0 Å². The van der Waals surface area contributed by atoms with Crippen molar-refractivity contribution in [2.75, 3.05) is 25.0 Å². The maximum absolute atomic E-state index is 11.7. The second-order valence-electron chi connectivity index (χ2n) is 6.98. The van der Waals surface area contributed by atoms with Crippen molar-refractivity contribution in [3.63, 3.8) is 0 Å². The largest absolute Gasteiger partial charge is 0.351 e. The molecule has 3 heterocycles. The van der Waals surface area contributed by atoms with Gasteiger partial charge in [0.15, 0.2) is 0 Å². The molecule has 1 amide bonds. The molecule has 1 fully saturated rings. The van der Waals surface area contributed by atoms with Gasteiger partial charge in [0.1, 0.15) is 12.1 Å². The van der Waals surface area contributed by atoms with Crippen LogP contribution in [0.5, 0.6) is 0 Å². The highest BCUT2D eigenvalue weighted by atomic mass is 32.1. The van der Waals surface area contributed by atoms with Crippen LogP contribution in [0.1, 0.15) is 25.6 Å². The number of thiophene rings is 1. The maximum atomic E-state index is 11.7. The van der Waals surface area contributed by atoms with Gasteiger partial charge in [0.25, 0.3) is 0 Å². The van der Waals surface area contributed by atoms with Gasteiger partial charge in [0, 0.05) is 25.0 Å². The highest BCUT2D eigenvalue weighted by Crippen LogP contribution is 2.38. The van der Waals surface area contributed by atoms with Gasteiger partial charge >= 0.3 is 0 Å². The summed E-state index contributed by atoms with van der Waals surface area (Å²) in [6.07, 6.45) is 2.99. The first-order chi connectivity index (χ1) is 10.8. The van der Waals surface area contributed by atoms with Gasteiger partial charge in [-0.3, -0.25) is 4.79 Å². The fourth-order valence-corrected chi connectivity index (χ4v) is 3.82. The minimum atomic E-state index is -0.0337. The molecule has 0 aliphatic carbocycles.